The number of benzene rings is 1. The average molecular weight is 187 g/mol. The van der Waals surface area contributed by atoms with Crippen molar-refractivity contribution in [1.82, 2.24) is 0 Å². The average Bonchev–Trinajstić information content (AvgIpc) is 1.99. The number of rotatable bonds is 1. The Bertz CT molecular complexity index is 315. The Morgan fingerprint density at radius 3 is 2.08 bits per heavy atom. The van der Waals surface area contributed by atoms with Crippen molar-refractivity contribution in [3.8, 4) is 0 Å². The highest BCUT2D eigenvalue weighted by Crippen LogP contribution is 2.27. The zero-order valence-electron chi connectivity index (χ0n) is 6.04. The molecule has 12 heavy (non-hydrogen) atoms. The molecule has 1 aromatic rings. The number of halogens is 1. The minimum Gasteiger partial charge on any atom is -0.478 e. The Balaban J connectivity index is 3.31. The molecule has 0 fully saturated rings. The SMILES string of the molecule is Nc1cc(C(=O)O)cc(N)c1Cl. The zero-order chi connectivity index (χ0) is 9.30. The maximum absolute atomic E-state index is 10.5. The van der Waals surface area contributed by atoms with Gasteiger partial charge in [0, 0.05) is 0 Å². The highest BCUT2D eigenvalue weighted by Gasteiger charge is 2.08. The Labute approximate surface area is 73.7 Å². The van der Waals surface area contributed by atoms with Crippen molar-refractivity contribution < 1.29 is 9.90 Å². The summed E-state index contributed by atoms with van der Waals surface area (Å²) in [5.74, 6) is -1.08. The number of carboxylic acid groups (broad SMARTS) is 1. The molecule has 0 amide bonds. The van der Waals surface area contributed by atoms with Crippen LogP contribution in [0, 0.1) is 0 Å². The largest absolute Gasteiger partial charge is 0.478 e. The van der Waals surface area contributed by atoms with E-state index < -0.39 is 5.97 Å². The summed E-state index contributed by atoms with van der Waals surface area (Å²) in [5, 5.41) is 8.76. The van der Waals surface area contributed by atoms with Crippen LogP contribution in [0.1, 0.15) is 10.4 Å². The summed E-state index contributed by atoms with van der Waals surface area (Å²) in [6.45, 7) is 0. The van der Waals surface area contributed by atoms with Gasteiger partial charge in [-0.05, 0) is 12.1 Å². The molecule has 0 bridgehead atoms. The maximum Gasteiger partial charge on any atom is 0.335 e. The molecule has 0 saturated carbocycles. The fourth-order valence-electron chi connectivity index (χ4n) is 0.794. The van der Waals surface area contributed by atoms with Crippen molar-refractivity contribution in [1.29, 1.82) is 0 Å². The van der Waals surface area contributed by atoms with Gasteiger partial charge >= 0.3 is 5.97 Å². The van der Waals surface area contributed by atoms with Crippen molar-refractivity contribution in [3.63, 3.8) is 0 Å². The van der Waals surface area contributed by atoms with E-state index in [0.29, 0.717) is 0 Å². The molecular weight excluding hydrogens is 180 g/mol. The van der Waals surface area contributed by atoms with E-state index in [4.69, 9.17) is 28.2 Å². The molecule has 0 radical (unpaired) electrons. The number of carbonyl (C=O) groups is 1. The molecule has 4 nitrogen and oxygen atoms in total. The van der Waals surface area contributed by atoms with E-state index in [1.807, 2.05) is 0 Å². The third kappa shape index (κ3) is 1.43. The lowest BCUT2D eigenvalue weighted by molar-refractivity contribution is 0.0697. The molecule has 5 heteroatoms. The van der Waals surface area contributed by atoms with Crippen LogP contribution in [0.15, 0.2) is 12.1 Å². The van der Waals surface area contributed by atoms with Crippen molar-refractivity contribution >= 4 is 28.9 Å². The fraction of sp³-hybridized carbons (Fsp3) is 0. The predicted octanol–water partition coefficient (Wildman–Crippen LogP) is 1.20. The molecule has 0 aliphatic rings. The Morgan fingerprint density at radius 1 is 1.33 bits per heavy atom. The van der Waals surface area contributed by atoms with Gasteiger partial charge in [-0.25, -0.2) is 4.79 Å². The van der Waals surface area contributed by atoms with Gasteiger partial charge in [0.15, 0.2) is 0 Å². The van der Waals surface area contributed by atoms with Gasteiger partial charge in [-0.2, -0.15) is 0 Å². The second-order valence-corrected chi connectivity index (χ2v) is 2.65. The summed E-state index contributed by atoms with van der Waals surface area (Å²) >= 11 is 5.61. The highest BCUT2D eigenvalue weighted by molar-refractivity contribution is 6.35. The summed E-state index contributed by atoms with van der Waals surface area (Å²) in [5.41, 5.74) is 11.2. The Hall–Kier alpha value is -1.42. The van der Waals surface area contributed by atoms with E-state index in [1.54, 1.807) is 0 Å². The first kappa shape index (κ1) is 8.67. The fourth-order valence-corrected chi connectivity index (χ4v) is 0.903. The molecule has 0 spiro atoms. The number of anilines is 2. The predicted molar refractivity (Wildman–Crippen MR) is 47.2 cm³/mol. The lowest BCUT2D eigenvalue weighted by atomic mass is 10.2. The van der Waals surface area contributed by atoms with Crippen LogP contribution in [0.25, 0.3) is 0 Å². The first-order valence-electron chi connectivity index (χ1n) is 3.10. The van der Waals surface area contributed by atoms with Crippen LogP contribution in [0.2, 0.25) is 5.02 Å². The smallest absolute Gasteiger partial charge is 0.335 e. The minimum atomic E-state index is -1.08. The van der Waals surface area contributed by atoms with Crippen LogP contribution < -0.4 is 11.5 Å². The summed E-state index contributed by atoms with van der Waals surface area (Å²) in [4.78, 5) is 10.5. The molecule has 0 aromatic heterocycles. The molecule has 0 aliphatic heterocycles. The van der Waals surface area contributed by atoms with Gasteiger partial charge in [0.2, 0.25) is 0 Å². The second kappa shape index (κ2) is 2.91. The maximum atomic E-state index is 10.5. The van der Waals surface area contributed by atoms with E-state index in [1.165, 1.54) is 12.1 Å². The van der Waals surface area contributed by atoms with Crippen molar-refractivity contribution in [2.24, 2.45) is 0 Å². The lowest BCUT2D eigenvalue weighted by Gasteiger charge is -2.03. The van der Waals surface area contributed by atoms with Crippen molar-refractivity contribution in [2.45, 2.75) is 0 Å². The van der Waals surface area contributed by atoms with E-state index >= 15 is 0 Å². The topological polar surface area (TPSA) is 89.3 Å². The highest BCUT2D eigenvalue weighted by atomic mass is 35.5. The summed E-state index contributed by atoms with van der Waals surface area (Å²) in [6, 6.07) is 2.53. The molecule has 1 rings (SSSR count). The van der Waals surface area contributed by atoms with Gasteiger partial charge in [-0.15, -0.1) is 0 Å². The molecule has 0 heterocycles. The molecule has 0 saturated heterocycles. The van der Waals surface area contributed by atoms with Crippen LogP contribution in [0.4, 0.5) is 11.4 Å². The number of nitrogen functional groups attached to an aromatic ring is 2. The lowest BCUT2D eigenvalue weighted by Crippen LogP contribution is -2.01. The van der Waals surface area contributed by atoms with Gasteiger partial charge in [0.05, 0.1) is 22.0 Å². The number of aromatic carboxylic acids is 1. The van der Waals surface area contributed by atoms with Gasteiger partial charge < -0.3 is 16.6 Å². The summed E-state index contributed by atoms with van der Waals surface area (Å²) < 4.78 is 0. The van der Waals surface area contributed by atoms with E-state index in [9.17, 15) is 4.79 Å². The van der Waals surface area contributed by atoms with Crippen LogP contribution in [-0.4, -0.2) is 11.1 Å². The van der Waals surface area contributed by atoms with Crippen molar-refractivity contribution in [2.75, 3.05) is 11.5 Å². The Kier molecular flexibility index (Phi) is 2.10. The van der Waals surface area contributed by atoms with Crippen LogP contribution in [0.3, 0.4) is 0 Å². The monoisotopic (exact) mass is 186 g/mol. The van der Waals surface area contributed by atoms with Crippen LogP contribution in [0.5, 0.6) is 0 Å². The third-order valence-corrected chi connectivity index (χ3v) is 1.81. The van der Waals surface area contributed by atoms with Crippen LogP contribution >= 0.6 is 11.6 Å². The Morgan fingerprint density at radius 2 is 1.75 bits per heavy atom. The third-order valence-electron chi connectivity index (χ3n) is 1.38. The van der Waals surface area contributed by atoms with Crippen molar-refractivity contribution in [3.05, 3.63) is 22.7 Å². The molecule has 0 unspecified atom stereocenters. The summed E-state index contributed by atoms with van der Waals surface area (Å²) in [6.07, 6.45) is 0. The van der Waals surface area contributed by atoms with Gasteiger partial charge in [0.1, 0.15) is 0 Å². The molecule has 5 N–H and O–H groups in total. The van der Waals surface area contributed by atoms with Gasteiger partial charge in [0.25, 0.3) is 0 Å². The molecule has 64 valence electrons. The zero-order valence-corrected chi connectivity index (χ0v) is 6.80. The van der Waals surface area contributed by atoms with Gasteiger partial charge in [-0.1, -0.05) is 11.6 Å². The number of hydrogen-bond donors (Lipinski definition) is 3. The minimum absolute atomic E-state index is 0.0365. The first-order chi connectivity index (χ1) is 5.52. The standard InChI is InChI=1S/C7H7ClN2O2/c8-6-4(9)1-3(7(11)12)2-5(6)10/h1-2H,9-10H2,(H,11,12). The molecule has 0 atom stereocenters. The van der Waals surface area contributed by atoms with E-state index in [2.05, 4.69) is 0 Å². The molecule has 0 aliphatic carbocycles. The van der Waals surface area contributed by atoms with Crippen LogP contribution in [-0.2, 0) is 0 Å². The quantitative estimate of drug-likeness (QED) is 0.575. The van der Waals surface area contributed by atoms with Gasteiger partial charge in [-0.3, -0.25) is 0 Å². The second-order valence-electron chi connectivity index (χ2n) is 2.27. The number of nitrogens with two attached hydrogens (primary N) is 2. The van der Waals surface area contributed by atoms with E-state index in [0.717, 1.165) is 0 Å². The molecule has 1 aromatic carbocycles. The summed E-state index contributed by atoms with van der Waals surface area (Å²) in [7, 11) is 0. The first-order valence-corrected chi connectivity index (χ1v) is 3.48. The normalized spacial score (nSPS) is 9.75. The van der Waals surface area contributed by atoms with E-state index in [-0.39, 0.29) is 22.0 Å². The number of hydrogen-bond acceptors (Lipinski definition) is 3. The molecular formula is C7H7ClN2O2. The number of carboxylic acids is 1.